The molecule has 1 aromatic carbocycles. The summed E-state index contributed by atoms with van der Waals surface area (Å²) >= 11 is 0. The van der Waals surface area contributed by atoms with Crippen LogP contribution in [0.25, 0.3) is 0 Å². The molecule has 118 valence electrons. The average molecular weight is 292 g/mol. The van der Waals surface area contributed by atoms with Gasteiger partial charge in [0.15, 0.2) is 0 Å². The van der Waals surface area contributed by atoms with Gasteiger partial charge in [0, 0.05) is 31.8 Å². The third-order valence-corrected chi connectivity index (χ3v) is 3.99. The summed E-state index contributed by atoms with van der Waals surface area (Å²) < 4.78 is 11.4. The van der Waals surface area contributed by atoms with Crippen LogP contribution in [-0.2, 0) is 17.8 Å². The first-order valence-corrected chi connectivity index (χ1v) is 7.96. The number of piperidine rings is 1. The predicted octanol–water partition coefficient (Wildman–Crippen LogP) is 2.54. The van der Waals surface area contributed by atoms with Crippen LogP contribution < -0.4 is 10.5 Å². The maximum absolute atomic E-state index is 5.91. The van der Waals surface area contributed by atoms with Crippen LogP contribution in [0.15, 0.2) is 18.2 Å². The molecule has 2 N–H and O–H groups in total. The molecule has 2 rings (SSSR count). The van der Waals surface area contributed by atoms with Crippen molar-refractivity contribution in [3.63, 3.8) is 0 Å². The molecule has 0 bridgehead atoms. The third kappa shape index (κ3) is 4.70. The summed E-state index contributed by atoms with van der Waals surface area (Å²) in [4.78, 5) is 2.46. The second kappa shape index (κ2) is 8.37. The maximum Gasteiger partial charge on any atom is 0.123 e. The Labute approximate surface area is 128 Å². The van der Waals surface area contributed by atoms with Gasteiger partial charge in [-0.1, -0.05) is 13.0 Å². The van der Waals surface area contributed by atoms with Crippen LogP contribution in [0.4, 0.5) is 0 Å². The normalized spacial score (nSPS) is 19.7. The number of nitrogens with two attached hydrogens (primary N) is 1. The molecule has 1 unspecified atom stereocenters. The van der Waals surface area contributed by atoms with Gasteiger partial charge in [0.1, 0.15) is 5.75 Å². The summed E-state index contributed by atoms with van der Waals surface area (Å²) in [5.74, 6) is 0.948. The van der Waals surface area contributed by atoms with E-state index in [-0.39, 0.29) is 0 Å². The highest BCUT2D eigenvalue weighted by Gasteiger charge is 2.21. The first-order valence-electron chi connectivity index (χ1n) is 7.96. The highest BCUT2D eigenvalue weighted by Crippen LogP contribution is 2.24. The Hall–Kier alpha value is -1.10. The molecule has 0 saturated carbocycles. The van der Waals surface area contributed by atoms with Gasteiger partial charge in [0.05, 0.1) is 13.2 Å². The zero-order chi connectivity index (χ0) is 15.1. The Morgan fingerprint density at radius 1 is 1.38 bits per heavy atom. The van der Waals surface area contributed by atoms with Crippen molar-refractivity contribution in [2.45, 2.75) is 45.4 Å². The van der Waals surface area contributed by atoms with Crippen LogP contribution >= 0.6 is 0 Å². The molecule has 1 atom stereocenters. The molecule has 1 aliphatic rings. The highest BCUT2D eigenvalue weighted by molar-refractivity contribution is 5.37. The molecular weight excluding hydrogens is 264 g/mol. The standard InChI is InChI=1S/C17H28N2O2/c1-3-9-21-16-5-4-8-19(13-16)12-15-10-14(11-18)6-7-17(15)20-2/h6-7,10,16H,3-5,8-9,11-13,18H2,1-2H3. The SMILES string of the molecule is CCCOC1CCCN(Cc2cc(CN)ccc2OC)C1. The van der Waals surface area contributed by atoms with Crippen LogP contribution in [0.1, 0.15) is 37.3 Å². The Kier molecular flexibility index (Phi) is 6.49. The molecule has 1 fully saturated rings. The minimum Gasteiger partial charge on any atom is -0.496 e. The van der Waals surface area contributed by atoms with E-state index in [1.54, 1.807) is 7.11 Å². The smallest absolute Gasteiger partial charge is 0.123 e. The minimum absolute atomic E-state index is 0.377. The van der Waals surface area contributed by atoms with Crippen molar-refractivity contribution in [2.24, 2.45) is 5.73 Å². The molecule has 0 radical (unpaired) electrons. The van der Waals surface area contributed by atoms with Crippen molar-refractivity contribution in [3.8, 4) is 5.75 Å². The number of rotatable bonds is 7. The number of ether oxygens (including phenoxy) is 2. The van der Waals surface area contributed by atoms with Gasteiger partial charge >= 0.3 is 0 Å². The van der Waals surface area contributed by atoms with Crippen molar-refractivity contribution in [3.05, 3.63) is 29.3 Å². The second-order valence-electron chi connectivity index (χ2n) is 5.72. The van der Waals surface area contributed by atoms with E-state index >= 15 is 0 Å². The van der Waals surface area contributed by atoms with E-state index in [1.807, 2.05) is 12.1 Å². The number of hydrogen-bond donors (Lipinski definition) is 1. The fraction of sp³-hybridized carbons (Fsp3) is 0.647. The lowest BCUT2D eigenvalue weighted by Crippen LogP contribution is -2.39. The van der Waals surface area contributed by atoms with Gasteiger partial charge in [-0.15, -0.1) is 0 Å². The maximum atomic E-state index is 5.91. The summed E-state index contributed by atoms with van der Waals surface area (Å²) in [5.41, 5.74) is 8.12. The molecule has 0 spiro atoms. The Morgan fingerprint density at radius 3 is 2.95 bits per heavy atom. The minimum atomic E-state index is 0.377. The van der Waals surface area contributed by atoms with Crippen molar-refractivity contribution >= 4 is 0 Å². The number of benzene rings is 1. The van der Waals surface area contributed by atoms with Gasteiger partial charge in [0.25, 0.3) is 0 Å². The summed E-state index contributed by atoms with van der Waals surface area (Å²) in [6, 6.07) is 6.22. The summed E-state index contributed by atoms with van der Waals surface area (Å²) in [5, 5.41) is 0. The monoisotopic (exact) mass is 292 g/mol. The van der Waals surface area contributed by atoms with Crippen LogP contribution in [0.5, 0.6) is 5.75 Å². The molecule has 1 saturated heterocycles. The molecule has 1 aliphatic heterocycles. The van der Waals surface area contributed by atoms with Crippen LogP contribution in [0, 0.1) is 0 Å². The van der Waals surface area contributed by atoms with E-state index in [1.165, 1.54) is 18.4 Å². The number of hydrogen-bond acceptors (Lipinski definition) is 4. The largest absolute Gasteiger partial charge is 0.496 e. The summed E-state index contributed by atoms with van der Waals surface area (Å²) in [7, 11) is 1.73. The average Bonchev–Trinajstić information content (AvgIpc) is 2.53. The fourth-order valence-electron chi connectivity index (χ4n) is 2.90. The quantitative estimate of drug-likeness (QED) is 0.839. The van der Waals surface area contributed by atoms with Crippen molar-refractivity contribution in [1.82, 2.24) is 4.90 Å². The topological polar surface area (TPSA) is 47.7 Å². The lowest BCUT2D eigenvalue weighted by atomic mass is 10.0. The van der Waals surface area contributed by atoms with Gasteiger partial charge in [-0.25, -0.2) is 0 Å². The molecule has 4 nitrogen and oxygen atoms in total. The summed E-state index contributed by atoms with van der Waals surface area (Å²) in [6.45, 7) is 6.63. The predicted molar refractivity (Wildman–Crippen MR) is 85.4 cm³/mol. The molecule has 4 heteroatoms. The molecule has 1 heterocycles. The van der Waals surface area contributed by atoms with Crippen LogP contribution in [0.2, 0.25) is 0 Å². The van der Waals surface area contributed by atoms with Crippen molar-refractivity contribution in [1.29, 1.82) is 0 Å². The van der Waals surface area contributed by atoms with E-state index in [0.29, 0.717) is 12.6 Å². The Balaban J connectivity index is 1.99. The zero-order valence-corrected chi connectivity index (χ0v) is 13.3. The van der Waals surface area contributed by atoms with Gasteiger partial charge in [-0.2, -0.15) is 0 Å². The van der Waals surface area contributed by atoms with E-state index in [0.717, 1.165) is 44.0 Å². The lowest BCUT2D eigenvalue weighted by molar-refractivity contribution is -0.00238. The van der Waals surface area contributed by atoms with Crippen molar-refractivity contribution < 1.29 is 9.47 Å². The first kappa shape index (κ1) is 16.3. The molecule has 0 aliphatic carbocycles. The Bertz CT molecular complexity index is 437. The van der Waals surface area contributed by atoms with Crippen molar-refractivity contribution in [2.75, 3.05) is 26.8 Å². The van der Waals surface area contributed by atoms with E-state index in [4.69, 9.17) is 15.2 Å². The van der Waals surface area contributed by atoms with Crippen LogP contribution in [0.3, 0.4) is 0 Å². The molecule has 0 amide bonds. The fourth-order valence-corrected chi connectivity index (χ4v) is 2.90. The molecule has 21 heavy (non-hydrogen) atoms. The molecule has 1 aromatic rings. The van der Waals surface area contributed by atoms with E-state index in [9.17, 15) is 0 Å². The first-order chi connectivity index (χ1) is 10.3. The van der Waals surface area contributed by atoms with Gasteiger partial charge in [-0.05, 0) is 43.5 Å². The summed E-state index contributed by atoms with van der Waals surface area (Å²) in [6.07, 6.45) is 3.84. The van der Waals surface area contributed by atoms with E-state index < -0.39 is 0 Å². The molecular formula is C17H28N2O2. The lowest BCUT2D eigenvalue weighted by Gasteiger charge is -2.33. The second-order valence-corrected chi connectivity index (χ2v) is 5.72. The van der Waals surface area contributed by atoms with Gasteiger partial charge in [0.2, 0.25) is 0 Å². The zero-order valence-electron chi connectivity index (χ0n) is 13.3. The Morgan fingerprint density at radius 2 is 2.24 bits per heavy atom. The highest BCUT2D eigenvalue weighted by atomic mass is 16.5. The number of nitrogens with zero attached hydrogens (tertiary/aromatic N) is 1. The van der Waals surface area contributed by atoms with Crippen LogP contribution in [-0.4, -0.2) is 37.8 Å². The number of methoxy groups -OCH3 is 1. The van der Waals surface area contributed by atoms with E-state index in [2.05, 4.69) is 17.9 Å². The molecule has 0 aromatic heterocycles. The van der Waals surface area contributed by atoms with Gasteiger partial charge in [-0.3, -0.25) is 4.90 Å². The van der Waals surface area contributed by atoms with Gasteiger partial charge < -0.3 is 15.2 Å². The third-order valence-electron chi connectivity index (χ3n) is 3.99. The number of likely N-dealkylation sites (tertiary alicyclic amines) is 1.